The van der Waals surface area contributed by atoms with Crippen LogP contribution in [0.1, 0.15) is 22.6 Å². The Morgan fingerprint density at radius 1 is 1.33 bits per heavy atom. The van der Waals surface area contributed by atoms with Crippen LogP contribution in [-0.2, 0) is 17.8 Å². The van der Waals surface area contributed by atoms with Crippen LogP contribution in [0.2, 0.25) is 0 Å². The topological polar surface area (TPSA) is 72.4 Å². The maximum absolute atomic E-state index is 12.3. The first-order valence-corrected chi connectivity index (χ1v) is 6.95. The van der Waals surface area contributed by atoms with Gasteiger partial charge in [0.2, 0.25) is 5.91 Å². The van der Waals surface area contributed by atoms with Gasteiger partial charge < -0.3 is 15.2 Å². The maximum atomic E-state index is 12.3. The number of aromatic nitrogens is 1. The lowest BCUT2D eigenvalue weighted by Gasteiger charge is -2.21. The lowest BCUT2D eigenvalue weighted by atomic mass is 10.1. The number of likely N-dealkylation sites (N-methyl/N-ethyl adjacent to an activating group) is 1. The van der Waals surface area contributed by atoms with E-state index >= 15 is 0 Å². The van der Waals surface area contributed by atoms with Gasteiger partial charge in [-0.1, -0.05) is 35.5 Å². The molecule has 0 unspecified atom stereocenters. The number of rotatable bonds is 5. The van der Waals surface area contributed by atoms with Crippen molar-refractivity contribution in [3.63, 3.8) is 0 Å². The van der Waals surface area contributed by atoms with E-state index < -0.39 is 6.04 Å². The molecule has 2 N–H and O–H groups in total. The summed E-state index contributed by atoms with van der Waals surface area (Å²) in [7, 11) is 1.75. The van der Waals surface area contributed by atoms with Gasteiger partial charge in [-0.2, -0.15) is 0 Å². The molecule has 0 aliphatic rings. The number of nitrogens with two attached hydrogens (primary N) is 1. The highest BCUT2D eigenvalue weighted by atomic mass is 16.5. The predicted octanol–water partition coefficient (Wildman–Crippen LogP) is 1.82. The SMILES string of the molecule is Cc1noc(C)c1CN(C)C(=O)[C@@H](N)Cc1ccccc1. The second-order valence-electron chi connectivity index (χ2n) is 5.29. The number of carbonyl (C=O) groups excluding carboxylic acids is 1. The summed E-state index contributed by atoms with van der Waals surface area (Å²) in [5, 5.41) is 3.90. The second-order valence-corrected chi connectivity index (χ2v) is 5.29. The quantitative estimate of drug-likeness (QED) is 0.910. The Labute approximate surface area is 124 Å². The number of aryl methyl sites for hydroxylation is 2. The monoisotopic (exact) mass is 287 g/mol. The van der Waals surface area contributed by atoms with Crippen LogP contribution in [0.15, 0.2) is 34.9 Å². The van der Waals surface area contributed by atoms with Gasteiger partial charge in [0.05, 0.1) is 18.3 Å². The van der Waals surface area contributed by atoms with Crippen LogP contribution in [0, 0.1) is 13.8 Å². The van der Waals surface area contributed by atoms with Crippen molar-refractivity contribution in [1.82, 2.24) is 10.1 Å². The van der Waals surface area contributed by atoms with E-state index in [2.05, 4.69) is 5.16 Å². The van der Waals surface area contributed by atoms with E-state index in [1.807, 2.05) is 44.2 Å². The molecule has 0 aliphatic heterocycles. The first-order valence-electron chi connectivity index (χ1n) is 6.95. The smallest absolute Gasteiger partial charge is 0.239 e. The third-order valence-corrected chi connectivity index (χ3v) is 3.57. The molecule has 0 radical (unpaired) electrons. The van der Waals surface area contributed by atoms with Gasteiger partial charge in [-0.3, -0.25) is 4.79 Å². The van der Waals surface area contributed by atoms with Crippen molar-refractivity contribution in [3.05, 3.63) is 52.9 Å². The van der Waals surface area contributed by atoms with E-state index in [0.717, 1.165) is 22.6 Å². The molecular weight excluding hydrogens is 266 g/mol. The predicted molar refractivity (Wildman–Crippen MR) is 80.6 cm³/mol. The largest absolute Gasteiger partial charge is 0.361 e. The molecule has 21 heavy (non-hydrogen) atoms. The number of hydrogen-bond donors (Lipinski definition) is 1. The van der Waals surface area contributed by atoms with Gasteiger partial charge >= 0.3 is 0 Å². The number of nitrogens with zero attached hydrogens (tertiary/aromatic N) is 2. The summed E-state index contributed by atoms with van der Waals surface area (Å²) in [6.07, 6.45) is 0.533. The first kappa shape index (κ1) is 15.3. The molecule has 1 heterocycles. The Balaban J connectivity index is 1.99. The molecule has 0 saturated carbocycles. The zero-order chi connectivity index (χ0) is 15.4. The second kappa shape index (κ2) is 6.54. The minimum atomic E-state index is -0.544. The minimum Gasteiger partial charge on any atom is -0.361 e. The molecule has 1 amide bonds. The van der Waals surface area contributed by atoms with E-state index in [1.165, 1.54) is 0 Å². The van der Waals surface area contributed by atoms with Crippen LogP contribution in [-0.4, -0.2) is 29.1 Å². The molecule has 0 saturated heterocycles. The lowest BCUT2D eigenvalue weighted by molar-refractivity contribution is -0.131. The highest BCUT2D eigenvalue weighted by molar-refractivity contribution is 5.81. The molecule has 0 aliphatic carbocycles. The highest BCUT2D eigenvalue weighted by Gasteiger charge is 2.21. The van der Waals surface area contributed by atoms with Crippen LogP contribution in [0.25, 0.3) is 0 Å². The average molecular weight is 287 g/mol. The fraction of sp³-hybridized carbons (Fsp3) is 0.375. The molecule has 1 atom stereocenters. The average Bonchev–Trinajstić information content (AvgIpc) is 2.79. The standard InChI is InChI=1S/C16H21N3O2/c1-11-14(12(2)21-18-11)10-19(3)16(20)15(17)9-13-7-5-4-6-8-13/h4-8,15H,9-10,17H2,1-3H3/t15-/m0/s1. The van der Waals surface area contributed by atoms with Crippen LogP contribution in [0.4, 0.5) is 0 Å². The molecule has 0 fully saturated rings. The van der Waals surface area contributed by atoms with Crippen LogP contribution >= 0.6 is 0 Å². The van der Waals surface area contributed by atoms with E-state index in [4.69, 9.17) is 10.3 Å². The van der Waals surface area contributed by atoms with Crippen LogP contribution in [0.3, 0.4) is 0 Å². The molecule has 2 rings (SSSR count). The van der Waals surface area contributed by atoms with Gasteiger partial charge in [0.25, 0.3) is 0 Å². The van der Waals surface area contributed by atoms with Crippen LogP contribution < -0.4 is 5.73 Å². The van der Waals surface area contributed by atoms with Crippen molar-refractivity contribution < 1.29 is 9.32 Å². The normalized spacial score (nSPS) is 12.2. The zero-order valence-corrected chi connectivity index (χ0v) is 12.7. The third-order valence-electron chi connectivity index (χ3n) is 3.57. The van der Waals surface area contributed by atoms with Gasteiger partial charge in [-0.25, -0.2) is 0 Å². The third kappa shape index (κ3) is 3.70. The summed E-state index contributed by atoms with van der Waals surface area (Å²) in [5.74, 6) is 0.655. The molecule has 2 aromatic rings. The highest BCUT2D eigenvalue weighted by Crippen LogP contribution is 2.15. The number of amides is 1. The Kier molecular flexibility index (Phi) is 4.75. The summed E-state index contributed by atoms with van der Waals surface area (Å²) < 4.78 is 5.11. The molecule has 0 spiro atoms. The molecule has 1 aromatic heterocycles. The van der Waals surface area contributed by atoms with Gasteiger partial charge in [0, 0.05) is 12.6 Å². The molecule has 5 nitrogen and oxygen atoms in total. The molecule has 0 bridgehead atoms. The van der Waals surface area contributed by atoms with Gasteiger partial charge in [-0.15, -0.1) is 0 Å². The zero-order valence-electron chi connectivity index (χ0n) is 12.7. The van der Waals surface area contributed by atoms with E-state index in [-0.39, 0.29) is 5.91 Å². The summed E-state index contributed by atoms with van der Waals surface area (Å²) in [5.41, 5.74) is 8.84. The van der Waals surface area contributed by atoms with Crippen molar-refractivity contribution in [1.29, 1.82) is 0 Å². The van der Waals surface area contributed by atoms with Crippen molar-refractivity contribution in [2.75, 3.05) is 7.05 Å². The van der Waals surface area contributed by atoms with E-state index in [9.17, 15) is 4.79 Å². The van der Waals surface area contributed by atoms with Gasteiger partial charge in [-0.05, 0) is 25.8 Å². The fourth-order valence-corrected chi connectivity index (χ4v) is 2.28. The number of hydrogen-bond acceptors (Lipinski definition) is 4. The summed E-state index contributed by atoms with van der Waals surface area (Å²) in [6, 6.07) is 9.24. The van der Waals surface area contributed by atoms with Crippen LogP contribution in [0.5, 0.6) is 0 Å². The van der Waals surface area contributed by atoms with Gasteiger partial charge in [0.1, 0.15) is 5.76 Å². The lowest BCUT2D eigenvalue weighted by Crippen LogP contribution is -2.42. The van der Waals surface area contributed by atoms with Crippen molar-refractivity contribution in [3.8, 4) is 0 Å². The van der Waals surface area contributed by atoms with Gasteiger partial charge in [0.15, 0.2) is 0 Å². The summed E-state index contributed by atoms with van der Waals surface area (Å²) >= 11 is 0. The minimum absolute atomic E-state index is 0.0844. The Morgan fingerprint density at radius 3 is 2.57 bits per heavy atom. The summed E-state index contributed by atoms with van der Waals surface area (Å²) in [4.78, 5) is 14.0. The Hall–Kier alpha value is -2.14. The van der Waals surface area contributed by atoms with E-state index in [0.29, 0.717) is 13.0 Å². The molecule has 5 heteroatoms. The Morgan fingerprint density at radius 2 is 2.00 bits per heavy atom. The molecule has 112 valence electrons. The van der Waals surface area contributed by atoms with Crippen molar-refractivity contribution in [2.24, 2.45) is 5.73 Å². The molecule has 1 aromatic carbocycles. The molecular formula is C16H21N3O2. The van der Waals surface area contributed by atoms with Crippen molar-refractivity contribution >= 4 is 5.91 Å². The van der Waals surface area contributed by atoms with Crippen molar-refractivity contribution in [2.45, 2.75) is 32.9 Å². The van der Waals surface area contributed by atoms with E-state index in [1.54, 1.807) is 11.9 Å². The Bertz CT molecular complexity index is 588. The number of carbonyl (C=O) groups is 1. The first-order chi connectivity index (χ1) is 9.99. The number of benzene rings is 1. The maximum Gasteiger partial charge on any atom is 0.239 e. The summed E-state index contributed by atoms with van der Waals surface area (Å²) in [6.45, 7) is 4.17. The fourth-order valence-electron chi connectivity index (χ4n) is 2.28.